The van der Waals surface area contributed by atoms with Gasteiger partial charge in [0, 0.05) is 39.4 Å². The average molecular weight is 314 g/mol. The number of fused-ring (bicyclic) bond motifs is 2. The van der Waals surface area contributed by atoms with Crippen molar-refractivity contribution in [1.82, 2.24) is 19.6 Å². The number of nitrogens with zero attached hydrogens (tertiary/aromatic N) is 5. The number of aryl methyl sites for hydroxylation is 1. The summed E-state index contributed by atoms with van der Waals surface area (Å²) < 4.78 is 15.3. The molecule has 23 heavy (non-hydrogen) atoms. The molecule has 1 N–H and O–H groups in total. The molecule has 7 heteroatoms. The number of likely N-dealkylation sites (N-methyl/N-ethyl adjacent to an activating group) is 1. The Morgan fingerprint density at radius 3 is 2.70 bits per heavy atom. The standard InChI is InChI=1S/C16H19FN6/c1-21-5-7-23(8-6-21)16-12-10-22(2)20-15(12)18-14-9-11(17)3-4-13(14)19-16/h3-4,9-10H,5-8H2,1-2H3,(H,18,20). The number of hydrogen-bond acceptors (Lipinski definition) is 5. The average Bonchev–Trinajstić information content (AvgIpc) is 2.81. The van der Waals surface area contributed by atoms with Crippen LogP contribution in [-0.2, 0) is 7.05 Å². The van der Waals surface area contributed by atoms with E-state index in [0.29, 0.717) is 5.69 Å². The van der Waals surface area contributed by atoms with E-state index in [4.69, 9.17) is 4.99 Å². The summed E-state index contributed by atoms with van der Waals surface area (Å²) in [5, 5.41) is 7.68. The van der Waals surface area contributed by atoms with Crippen molar-refractivity contribution >= 4 is 23.0 Å². The number of halogens is 1. The number of aromatic nitrogens is 2. The van der Waals surface area contributed by atoms with Crippen molar-refractivity contribution in [3.63, 3.8) is 0 Å². The van der Waals surface area contributed by atoms with Crippen molar-refractivity contribution < 1.29 is 4.39 Å². The molecular formula is C16H19FN6. The lowest BCUT2D eigenvalue weighted by Crippen LogP contribution is -2.47. The molecular weight excluding hydrogens is 295 g/mol. The van der Waals surface area contributed by atoms with Gasteiger partial charge in [0.15, 0.2) is 5.82 Å². The van der Waals surface area contributed by atoms with Crippen LogP contribution in [0.1, 0.15) is 5.56 Å². The zero-order valence-electron chi connectivity index (χ0n) is 13.3. The predicted octanol–water partition coefficient (Wildman–Crippen LogP) is 1.94. The third-order valence-corrected chi connectivity index (χ3v) is 4.31. The molecule has 0 spiro atoms. The van der Waals surface area contributed by atoms with E-state index in [1.807, 2.05) is 13.2 Å². The van der Waals surface area contributed by atoms with Gasteiger partial charge in [-0.05, 0) is 25.2 Å². The van der Waals surface area contributed by atoms with Gasteiger partial charge in [-0.15, -0.1) is 0 Å². The molecule has 0 aliphatic carbocycles. The van der Waals surface area contributed by atoms with E-state index in [2.05, 4.69) is 27.3 Å². The summed E-state index contributed by atoms with van der Waals surface area (Å²) in [6.45, 7) is 3.83. The number of nitrogens with one attached hydrogen (secondary N) is 1. The highest BCUT2D eigenvalue weighted by atomic mass is 19.1. The largest absolute Gasteiger partial charge is 0.353 e. The maximum Gasteiger partial charge on any atom is 0.163 e. The van der Waals surface area contributed by atoms with Crippen LogP contribution >= 0.6 is 0 Å². The van der Waals surface area contributed by atoms with Crippen LogP contribution in [0.15, 0.2) is 29.4 Å². The Hall–Kier alpha value is -2.41. The number of benzene rings is 1. The van der Waals surface area contributed by atoms with E-state index in [9.17, 15) is 4.39 Å². The summed E-state index contributed by atoms with van der Waals surface area (Å²) in [4.78, 5) is 9.41. The molecule has 2 aliphatic heterocycles. The van der Waals surface area contributed by atoms with Crippen LogP contribution in [0.4, 0.5) is 21.6 Å². The monoisotopic (exact) mass is 314 g/mol. The number of piperazine rings is 1. The number of anilines is 2. The van der Waals surface area contributed by atoms with Gasteiger partial charge in [0.1, 0.15) is 11.7 Å². The molecule has 6 nitrogen and oxygen atoms in total. The molecule has 4 rings (SSSR count). The van der Waals surface area contributed by atoms with Gasteiger partial charge in [-0.1, -0.05) is 0 Å². The van der Waals surface area contributed by atoms with E-state index >= 15 is 0 Å². The van der Waals surface area contributed by atoms with E-state index in [1.54, 1.807) is 10.7 Å². The first kappa shape index (κ1) is 14.2. The summed E-state index contributed by atoms with van der Waals surface area (Å²) >= 11 is 0. The zero-order valence-corrected chi connectivity index (χ0v) is 13.3. The Kier molecular flexibility index (Phi) is 3.30. The van der Waals surface area contributed by atoms with Gasteiger partial charge in [0.2, 0.25) is 0 Å². The Balaban J connectivity index is 1.82. The summed E-state index contributed by atoms with van der Waals surface area (Å²) in [6.07, 6.45) is 1.96. The predicted molar refractivity (Wildman–Crippen MR) is 88.2 cm³/mol. The molecule has 0 bridgehead atoms. The highest BCUT2D eigenvalue weighted by molar-refractivity contribution is 6.06. The molecule has 2 aromatic rings. The molecule has 2 aliphatic rings. The zero-order chi connectivity index (χ0) is 16.0. The van der Waals surface area contributed by atoms with Crippen molar-refractivity contribution in [1.29, 1.82) is 0 Å². The van der Waals surface area contributed by atoms with Gasteiger partial charge in [-0.2, -0.15) is 5.10 Å². The van der Waals surface area contributed by atoms with Crippen LogP contribution in [0.3, 0.4) is 0 Å². The number of rotatable bonds is 0. The number of hydrogen-bond donors (Lipinski definition) is 1. The smallest absolute Gasteiger partial charge is 0.163 e. The molecule has 1 aromatic carbocycles. The fourth-order valence-corrected chi connectivity index (χ4v) is 3.01. The summed E-state index contributed by atoms with van der Waals surface area (Å²) in [6, 6.07) is 4.61. The van der Waals surface area contributed by atoms with Crippen molar-refractivity contribution in [3.05, 3.63) is 35.8 Å². The molecule has 0 amide bonds. The number of aliphatic imine (C=N–C) groups is 1. The van der Waals surface area contributed by atoms with Gasteiger partial charge in [-0.3, -0.25) is 4.68 Å². The maximum atomic E-state index is 13.6. The quantitative estimate of drug-likeness (QED) is 0.807. The lowest BCUT2D eigenvalue weighted by molar-refractivity contribution is 0.216. The van der Waals surface area contributed by atoms with Crippen molar-refractivity contribution in [3.8, 4) is 0 Å². The molecule has 3 heterocycles. The first-order valence-electron chi connectivity index (χ1n) is 7.73. The minimum Gasteiger partial charge on any atom is -0.353 e. The molecule has 0 unspecified atom stereocenters. The van der Waals surface area contributed by atoms with Gasteiger partial charge >= 0.3 is 0 Å². The molecule has 0 saturated carbocycles. The van der Waals surface area contributed by atoms with Gasteiger partial charge < -0.3 is 15.1 Å². The fourth-order valence-electron chi connectivity index (χ4n) is 3.01. The molecule has 0 atom stereocenters. The molecule has 1 aromatic heterocycles. The van der Waals surface area contributed by atoms with E-state index in [1.165, 1.54) is 12.1 Å². The highest BCUT2D eigenvalue weighted by Crippen LogP contribution is 2.34. The first-order valence-corrected chi connectivity index (χ1v) is 7.73. The maximum absolute atomic E-state index is 13.6. The molecule has 1 saturated heterocycles. The second-order valence-electron chi connectivity index (χ2n) is 6.08. The van der Waals surface area contributed by atoms with Crippen molar-refractivity contribution in [2.45, 2.75) is 0 Å². The number of amidine groups is 1. The summed E-state index contributed by atoms with van der Waals surface area (Å²) in [5.74, 6) is 1.33. The molecule has 120 valence electrons. The van der Waals surface area contributed by atoms with E-state index in [0.717, 1.165) is 49.1 Å². The Morgan fingerprint density at radius 2 is 1.91 bits per heavy atom. The van der Waals surface area contributed by atoms with E-state index < -0.39 is 0 Å². The normalized spacial score (nSPS) is 17.9. The van der Waals surface area contributed by atoms with Crippen LogP contribution in [0, 0.1) is 5.82 Å². The van der Waals surface area contributed by atoms with Crippen LogP contribution in [0.5, 0.6) is 0 Å². The van der Waals surface area contributed by atoms with Crippen LogP contribution in [-0.4, -0.2) is 58.6 Å². The minimum atomic E-state index is -0.285. The lowest BCUT2D eigenvalue weighted by atomic mass is 10.2. The third kappa shape index (κ3) is 2.57. The Bertz CT molecular complexity index is 773. The SMILES string of the molecule is CN1CCN(C2=Nc3ccc(F)cc3Nc3nn(C)cc32)CC1. The molecule has 1 fully saturated rings. The molecule has 0 radical (unpaired) electrons. The second-order valence-corrected chi connectivity index (χ2v) is 6.08. The van der Waals surface area contributed by atoms with E-state index in [-0.39, 0.29) is 5.82 Å². The Morgan fingerprint density at radius 1 is 1.13 bits per heavy atom. The Labute approximate surface area is 134 Å². The summed E-state index contributed by atoms with van der Waals surface area (Å²) in [7, 11) is 4.01. The van der Waals surface area contributed by atoms with Crippen LogP contribution < -0.4 is 5.32 Å². The summed E-state index contributed by atoms with van der Waals surface area (Å²) in [5.41, 5.74) is 2.34. The van der Waals surface area contributed by atoms with Gasteiger partial charge in [0.25, 0.3) is 0 Å². The third-order valence-electron chi connectivity index (χ3n) is 4.31. The van der Waals surface area contributed by atoms with Crippen LogP contribution in [0.25, 0.3) is 0 Å². The minimum absolute atomic E-state index is 0.285. The fraction of sp³-hybridized carbons (Fsp3) is 0.375. The van der Waals surface area contributed by atoms with Gasteiger partial charge in [-0.25, -0.2) is 9.38 Å². The highest BCUT2D eigenvalue weighted by Gasteiger charge is 2.26. The lowest BCUT2D eigenvalue weighted by Gasteiger charge is -2.34. The first-order chi connectivity index (χ1) is 11.1. The second kappa shape index (κ2) is 5.34. The topological polar surface area (TPSA) is 48.7 Å². The van der Waals surface area contributed by atoms with Crippen molar-refractivity contribution in [2.75, 3.05) is 38.5 Å². The van der Waals surface area contributed by atoms with Gasteiger partial charge in [0.05, 0.1) is 16.9 Å². The van der Waals surface area contributed by atoms with Crippen molar-refractivity contribution in [2.24, 2.45) is 12.0 Å². The van der Waals surface area contributed by atoms with Crippen LogP contribution in [0.2, 0.25) is 0 Å².